The van der Waals surface area contributed by atoms with Crippen LogP contribution in [0.2, 0.25) is 0 Å². The van der Waals surface area contributed by atoms with Gasteiger partial charge in [0.2, 0.25) is 0 Å². The van der Waals surface area contributed by atoms with Crippen LogP contribution in [0.15, 0.2) is 25.6 Å². The monoisotopic (exact) mass is 113 g/mol. The molecule has 0 aromatic rings. The molecule has 0 aromatic heterocycles. The van der Waals surface area contributed by atoms with Crippen LogP contribution in [0.25, 0.3) is 0 Å². The average molecular weight is 113 g/mol. The molecular weight excluding hydrogens is 102 g/mol. The van der Waals surface area contributed by atoms with Crippen LogP contribution in [0.4, 0.5) is 0 Å². The molecule has 0 spiro atoms. The van der Waals surface area contributed by atoms with Crippen molar-refractivity contribution in [2.75, 3.05) is 7.05 Å². The topological polar surface area (TPSA) is 27.3 Å². The number of hydrazine groups is 2. The fourth-order valence-corrected chi connectivity index (χ4v) is 0.193. The van der Waals surface area contributed by atoms with E-state index < -0.39 is 0 Å². The molecule has 8 heavy (non-hydrogen) atoms. The van der Waals surface area contributed by atoms with E-state index in [9.17, 15) is 0 Å². The first-order chi connectivity index (χ1) is 3.81. The molecule has 0 aliphatic heterocycles. The maximum absolute atomic E-state index is 3.50. The fourth-order valence-electron chi connectivity index (χ4n) is 0.193. The highest BCUT2D eigenvalue weighted by Crippen LogP contribution is 1.66. The standard InChI is InChI=1S/C5H11N3/c1-4-6-7-8(3)5-2/h4-7H,1-2H2,3H3. The van der Waals surface area contributed by atoms with Gasteiger partial charge in [-0.15, -0.1) is 5.53 Å². The zero-order chi connectivity index (χ0) is 6.41. The van der Waals surface area contributed by atoms with Gasteiger partial charge in [0.25, 0.3) is 0 Å². The Bertz CT molecular complexity index is 79.7. The third-order valence-electron chi connectivity index (χ3n) is 0.617. The van der Waals surface area contributed by atoms with Gasteiger partial charge >= 0.3 is 0 Å². The van der Waals surface area contributed by atoms with Crippen LogP contribution in [-0.2, 0) is 0 Å². The van der Waals surface area contributed by atoms with Crippen LogP contribution in [-0.4, -0.2) is 12.1 Å². The summed E-state index contributed by atoms with van der Waals surface area (Å²) in [5.74, 6) is 0. The first kappa shape index (κ1) is 7.04. The lowest BCUT2D eigenvalue weighted by molar-refractivity contribution is 0.296. The van der Waals surface area contributed by atoms with Gasteiger partial charge in [-0.05, 0) is 0 Å². The van der Waals surface area contributed by atoms with E-state index in [4.69, 9.17) is 0 Å². The highest BCUT2D eigenvalue weighted by atomic mass is 15.7. The van der Waals surface area contributed by atoms with E-state index in [1.807, 2.05) is 7.05 Å². The minimum Gasteiger partial charge on any atom is -0.312 e. The van der Waals surface area contributed by atoms with E-state index in [2.05, 4.69) is 24.1 Å². The second-order valence-corrected chi connectivity index (χ2v) is 1.25. The second kappa shape index (κ2) is 4.21. The van der Waals surface area contributed by atoms with Gasteiger partial charge in [-0.1, -0.05) is 13.2 Å². The van der Waals surface area contributed by atoms with Gasteiger partial charge in [-0.2, -0.15) is 0 Å². The molecule has 0 fully saturated rings. The molecule has 2 N–H and O–H groups in total. The molecule has 3 nitrogen and oxygen atoms in total. The number of hydrogen-bond donors (Lipinski definition) is 2. The summed E-state index contributed by atoms with van der Waals surface area (Å²) in [4.78, 5) is 0. The van der Waals surface area contributed by atoms with Crippen molar-refractivity contribution in [3.8, 4) is 0 Å². The summed E-state index contributed by atoms with van der Waals surface area (Å²) in [6, 6.07) is 0. The molecule has 0 rings (SSSR count). The minimum atomic E-state index is 1.54. The van der Waals surface area contributed by atoms with E-state index in [0.717, 1.165) is 0 Å². The number of hydrogen-bond acceptors (Lipinski definition) is 3. The minimum absolute atomic E-state index is 1.54. The van der Waals surface area contributed by atoms with Crippen molar-refractivity contribution >= 4 is 0 Å². The van der Waals surface area contributed by atoms with E-state index in [-0.39, 0.29) is 0 Å². The van der Waals surface area contributed by atoms with Crippen molar-refractivity contribution in [2.24, 2.45) is 0 Å². The lowest BCUT2D eigenvalue weighted by Gasteiger charge is -2.13. The molecule has 0 saturated carbocycles. The lowest BCUT2D eigenvalue weighted by atomic mass is 10.9. The maximum Gasteiger partial charge on any atom is 0.0242 e. The van der Waals surface area contributed by atoms with Crippen molar-refractivity contribution in [1.82, 2.24) is 16.0 Å². The van der Waals surface area contributed by atoms with Crippen molar-refractivity contribution < 1.29 is 0 Å². The highest BCUT2D eigenvalue weighted by molar-refractivity contribution is 4.63. The Morgan fingerprint density at radius 3 is 2.50 bits per heavy atom. The number of rotatable bonds is 4. The molecule has 0 amide bonds. The smallest absolute Gasteiger partial charge is 0.0242 e. The molecule has 0 atom stereocenters. The van der Waals surface area contributed by atoms with E-state index in [1.165, 1.54) is 0 Å². The summed E-state index contributed by atoms with van der Waals surface area (Å²) in [5.41, 5.74) is 5.40. The molecule has 0 saturated heterocycles. The third kappa shape index (κ3) is 3.24. The van der Waals surface area contributed by atoms with Crippen LogP contribution in [0.1, 0.15) is 0 Å². The Kier molecular flexibility index (Phi) is 3.70. The summed E-state index contributed by atoms with van der Waals surface area (Å²) in [6.45, 7) is 6.94. The fraction of sp³-hybridized carbons (Fsp3) is 0.200. The second-order valence-electron chi connectivity index (χ2n) is 1.25. The Labute approximate surface area is 49.6 Å². The molecule has 0 bridgehead atoms. The third-order valence-corrected chi connectivity index (χ3v) is 0.617. The van der Waals surface area contributed by atoms with Gasteiger partial charge < -0.3 is 10.4 Å². The summed E-state index contributed by atoms with van der Waals surface area (Å²) < 4.78 is 0. The summed E-state index contributed by atoms with van der Waals surface area (Å²) >= 11 is 0. The predicted molar refractivity (Wildman–Crippen MR) is 34.4 cm³/mol. The normalized spacial score (nSPS) is 7.62. The Hall–Kier alpha value is -0.960. The van der Waals surface area contributed by atoms with Crippen LogP contribution < -0.4 is 11.0 Å². The first-order valence-electron chi connectivity index (χ1n) is 2.28. The van der Waals surface area contributed by atoms with Gasteiger partial charge in [0.15, 0.2) is 0 Å². The van der Waals surface area contributed by atoms with E-state index >= 15 is 0 Å². The molecule has 0 aromatic carbocycles. The number of nitrogens with one attached hydrogen (secondary N) is 2. The molecule has 0 radical (unpaired) electrons. The molecule has 0 aliphatic rings. The molecule has 0 aliphatic carbocycles. The van der Waals surface area contributed by atoms with Crippen LogP contribution >= 0.6 is 0 Å². The van der Waals surface area contributed by atoms with Crippen LogP contribution in [0, 0.1) is 0 Å². The molecule has 0 unspecified atom stereocenters. The van der Waals surface area contributed by atoms with Crippen molar-refractivity contribution in [3.05, 3.63) is 25.6 Å². The van der Waals surface area contributed by atoms with Gasteiger partial charge in [-0.3, -0.25) is 0 Å². The summed E-state index contributed by atoms with van der Waals surface area (Å²) in [7, 11) is 1.82. The largest absolute Gasteiger partial charge is 0.312 e. The van der Waals surface area contributed by atoms with Crippen molar-refractivity contribution in [1.29, 1.82) is 0 Å². The quantitative estimate of drug-likeness (QED) is 0.510. The average Bonchev–Trinajstić information content (AvgIpc) is 1.83. The van der Waals surface area contributed by atoms with Gasteiger partial charge in [0, 0.05) is 19.4 Å². The first-order valence-corrected chi connectivity index (χ1v) is 2.28. The van der Waals surface area contributed by atoms with E-state index in [1.54, 1.807) is 17.4 Å². The van der Waals surface area contributed by atoms with Gasteiger partial charge in [0.05, 0.1) is 0 Å². The Morgan fingerprint density at radius 2 is 2.12 bits per heavy atom. The highest BCUT2D eigenvalue weighted by Gasteiger charge is 1.77. The zero-order valence-corrected chi connectivity index (χ0v) is 5.02. The Balaban J connectivity index is 3.09. The van der Waals surface area contributed by atoms with Crippen molar-refractivity contribution in [3.63, 3.8) is 0 Å². The molecule has 0 heterocycles. The SMILES string of the molecule is C=CNNN(C)C=C. The van der Waals surface area contributed by atoms with Gasteiger partial charge in [-0.25, -0.2) is 0 Å². The maximum atomic E-state index is 3.50. The van der Waals surface area contributed by atoms with Crippen LogP contribution in [0.5, 0.6) is 0 Å². The molecule has 46 valence electrons. The Morgan fingerprint density at radius 1 is 1.50 bits per heavy atom. The van der Waals surface area contributed by atoms with Gasteiger partial charge in [0.1, 0.15) is 0 Å². The molecule has 3 heteroatoms. The summed E-state index contributed by atoms with van der Waals surface area (Å²) in [6.07, 6.45) is 3.18. The molecular formula is C5H11N3. The van der Waals surface area contributed by atoms with Crippen molar-refractivity contribution in [2.45, 2.75) is 0 Å². The predicted octanol–water partition coefficient (Wildman–Crippen LogP) is 0.214. The number of nitrogens with zero attached hydrogens (tertiary/aromatic N) is 1. The lowest BCUT2D eigenvalue weighted by Crippen LogP contribution is -2.37. The van der Waals surface area contributed by atoms with E-state index in [0.29, 0.717) is 0 Å². The zero-order valence-electron chi connectivity index (χ0n) is 5.02. The summed E-state index contributed by atoms with van der Waals surface area (Å²) in [5, 5.41) is 1.67. The van der Waals surface area contributed by atoms with Crippen LogP contribution in [0.3, 0.4) is 0 Å².